The van der Waals surface area contributed by atoms with E-state index in [0.717, 1.165) is 0 Å². The summed E-state index contributed by atoms with van der Waals surface area (Å²) in [4.78, 5) is 4.08. The van der Waals surface area contributed by atoms with Crippen LogP contribution in [0.5, 0.6) is 0 Å². The van der Waals surface area contributed by atoms with Crippen LogP contribution in [0.25, 0.3) is 0 Å². The molecule has 0 heterocycles. The third-order valence-electron chi connectivity index (χ3n) is 2.94. The van der Waals surface area contributed by atoms with Crippen molar-refractivity contribution in [2.45, 2.75) is 14.7 Å². The van der Waals surface area contributed by atoms with E-state index in [-0.39, 0.29) is 67.8 Å². The third kappa shape index (κ3) is 4.79. The van der Waals surface area contributed by atoms with Gasteiger partial charge in [-0.2, -0.15) is 0 Å². The fourth-order valence-corrected chi connectivity index (χ4v) is 4.18. The molecule has 0 aliphatic carbocycles. The SMILES string of the molecule is [K].[OH-].c1ccc([S+](c2ccccc2)c2ccccc2)cc1. The Balaban J connectivity index is 0.00000110. The van der Waals surface area contributed by atoms with Crippen molar-refractivity contribution < 1.29 is 5.48 Å². The van der Waals surface area contributed by atoms with Crippen LogP contribution >= 0.6 is 0 Å². The van der Waals surface area contributed by atoms with E-state index >= 15 is 0 Å². The van der Waals surface area contributed by atoms with Crippen LogP contribution in [0.1, 0.15) is 0 Å². The van der Waals surface area contributed by atoms with E-state index in [1.54, 1.807) is 0 Å². The van der Waals surface area contributed by atoms with E-state index in [1.165, 1.54) is 14.7 Å². The van der Waals surface area contributed by atoms with Crippen LogP contribution in [0, 0.1) is 0 Å². The van der Waals surface area contributed by atoms with Crippen LogP contribution in [0.2, 0.25) is 0 Å². The zero-order valence-electron chi connectivity index (χ0n) is 12.0. The monoisotopic (exact) mass is 319 g/mol. The van der Waals surface area contributed by atoms with Crippen molar-refractivity contribution in [2.24, 2.45) is 0 Å². The number of rotatable bonds is 3. The molecule has 0 spiro atoms. The molecule has 3 aromatic rings. The molecule has 101 valence electrons. The van der Waals surface area contributed by atoms with Gasteiger partial charge in [-0.3, -0.25) is 0 Å². The average molecular weight is 319 g/mol. The number of hydrogen-bond acceptors (Lipinski definition) is 1. The van der Waals surface area contributed by atoms with Crippen LogP contribution < -0.4 is 0 Å². The van der Waals surface area contributed by atoms with Crippen LogP contribution in [0.3, 0.4) is 0 Å². The molecule has 0 fully saturated rings. The summed E-state index contributed by atoms with van der Waals surface area (Å²) in [5.74, 6) is 0. The Morgan fingerprint density at radius 1 is 0.429 bits per heavy atom. The summed E-state index contributed by atoms with van der Waals surface area (Å²) < 4.78 is 0. The van der Waals surface area contributed by atoms with Crippen LogP contribution in [0.15, 0.2) is 106 Å². The largest absolute Gasteiger partial charge is 0.870 e. The maximum absolute atomic E-state index is 2.21. The Labute approximate surface area is 171 Å². The second-order valence-electron chi connectivity index (χ2n) is 4.25. The molecule has 0 aliphatic rings. The molecule has 0 saturated heterocycles. The summed E-state index contributed by atoms with van der Waals surface area (Å²) in [5, 5.41) is 0. The van der Waals surface area contributed by atoms with Gasteiger partial charge < -0.3 is 5.48 Å². The Morgan fingerprint density at radius 3 is 0.905 bits per heavy atom. The summed E-state index contributed by atoms with van der Waals surface area (Å²) in [5.41, 5.74) is 0. The smallest absolute Gasteiger partial charge is 0.166 e. The Hall–Kier alpha value is -0.394. The molecule has 3 rings (SSSR count). The summed E-state index contributed by atoms with van der Waals surface area (Å²) in [6.45, 7) is 0. The van der Waals surface area contributed by atoms with Gasteiger partial charge in [0.05, 0.1) is 10.9 Å². The Bertz CT molecular complexity index is 535. The van der Waals surface area contributed by atoms with Crippen molar-refractivity contribution in [3.8, 4) is 0 Å². The Kier molecular flexibility index (Phi) is 8.52. The first-order valence-electron chi connectivity index (χ1n) is 6.34. The van der Waals surface area contributed by atoms with Gasteiger partial charge in [-0.15, -0.1) is 0 Å². The number of hydrogen-bond donors (Lipinski definition) is 0. The van der Waals surface area contributed by atoms with E-state index in [9.17, 15) is 0 Å². The molecule has 0 bridgehead atoms. The van der Waals surface area contributed by atoms with Crippen molar-refractivity contribution in [1.29, 1.82) is 0 Å². The van der Waals surface area contributed by atoms with Crippen molar-refractivity contribution in [3.63, 3.8) is 0 Å². The van der Waals surface area contributed by atoms with Gasteiger partial charge in [0, 0.05) is 51.4 Å². The van der Waals surface area contributed by atoms with E-state index in [0.29, 0.717) is 0 Å². The van der Waals surface area contributed by atoms with Crippen LogP contribution in [-0.4, -0.2) is 56.9 Å². The van der Waals surface area contributed by atoms with E-state index in [4.69, 9.17) is 0 Å². The van der Waals surface area contributed by atoms with Gasteiger partial charge in [-0.05, 0) is 36.4 Å². The molecule has 0 aliphatic heterocycles. The Morgan fingerprint density at radius 2 is 0.667 bits per heavy atom. The maximum atomic E-state index is 2.21. The van der Waals surface area contributed by atoms with Crippen molar-refractivity contribution in [3.05, 3.63) is 91.0 Å². The second kappa shape index (κ2) is 9.59. The molecule has 3 aromatic carbocycles. The van der Waals surface area contributed by atoms with Gasteiger partial charge in [0.25, 0.3) is 0 Å². The fraction of sp³-hybridized carbons (Fsp3) is 0. The van der Waals surface area contributed by atoms with E-state index in [2.05, 4.69) is 91.0 Å². The van der Waals surface area contributed by atoms with Gasteiger partial charge in [0.2, 0.25) is 0 Å². The summed E-state index contributed by atoms with van der Waals surface area (Å²) >= 11 is 0. The zero-order chi connectivity index (χ0) is 12.9. The minimum absolute atomic E-state index is 0. The normalized spacial score (nSPS) is 9.57. The maximum Gasteiger partial charge on any atom is 0.166 e. The van der Waals surface area contributed by atoms with Crippen molar-refractivity contribution in [1.82, 2.24) is 0 Å². The standard InChI is InChI=1S/C18H15S.K.H2O/c1-4-10-16(11-5-1)19(17-12-6-2-7-13-17)18-14-8-3-9-15-18;;/h1-15H;;1H2/q+1;;/p-1. The minimum Gasteiger partial charge on any atom is -0.870 e. The molecule has 0 amide bonds. The average Bonchev–Trinajstić information content (AvgIpc) is 2.51. The van der Waals surface area contributed by atoms with Gasteiger partial charge in [0.15, 0.2) is 14.7 Å². The second-order valence-corrected chi connectivity index (χ2v) is 6.27. The fourth-order valence-electron chi connectivity index (χ4n) is 2.08. The zero-order valence-corrected chi connectivity index (χ0v) is 16.0. The van der Waals surface area contributed by atoms with E-state index < -0.39 is 0 Å². The van der Waals surface area contributed by atoms with Crippen molar-refractivity contribution >= 4 is 62.3 Å². The summed E-state index contributed by atoms with van der Waals surface area (Å²) in [6, 6.07) is 32.2. The molecule has 0 atom stereocenters. The molecule has 21 heavy (non-hydrogen) atoms. The topological polar surface area (TPSA) is 30.0 Å². The van der Waals surface area contributed by atoms with Gasteiger partial charge in [-0.1, -0.05) is 54.6 Å². The van der Waals surface area contributed by atoms with Gasteiger partial charge >= 0.3 is 0 Å². The molecule has 0 aromatic heterocycles. The first-order valence-corrected chi connectivity index (χ1v) is 7.57. The summed E-state index contributed by atoms with van der Waals surface area (Å²) in [7, 11) is -0.0146. The molecule has 3 heteroatoms. The molecule has 0 saturated carbocycles. The van der Waals surface area contributed by atoms with Crippen LogP contribution in [0.4, 0.5) is 0 Å². The molecular formula is C18H16KOS. The van der Waals surface area contributed by atoms with Gasteiger partial charge in [-0.25, -0.2) is 0 Å². The first kappa shape index (κ1) is 18.7. The molecule has 1 N–H and O–H groups in total. The molecule has 1 radical (unpaired) electrons. The minimum atomic E-state index is -0.0146. The van der Waals surface area contributed by atoms with Crippen LogP contribution in [-0.2, 0) is 10.9 Å². The summed E-state index contributed by atoms with van der Waals surface area (Å²) in [6.07, 6.45) is 0. The van der Waals surface area contributed by atoms with Gasteiger partial charge in [0.1, 0.15) is 0 Å². The quantitative estimate of drug-likeness (QED) is 0.525. The molecular weight excluding hydrogens is 303 g/mol. The first-order chi connectivity index (χ1) is 9.45. The number of benzene rings is 3. The predicted molar refractivity (Wildman–Crippen MR) is 89.2 cm³/mol. The van der Waals surface area contributed by atoms with Crippen molar-refractivity contribution in [2.75, 3.05) is 0 Å². The third-order valence-corrected chi connectivity index (χ3v) is 5.17. The predicted octanol–water partition coefficient (Wildman–Crippen LogP) is 4.22. The van der Waals surface area contributed by atoms with E-state index in [1.807, 2.05) is 0 Å². The molecule has 0 unspecified atom stereocenters. The molecule has 1 nitrogen and oxygen atoms in total.